The summed E-state index contributed by atoms with van der Waals surface area (Å²) < 4.78 is 10.3. The lowest BCUT2D eigenvalue weighted by Crippen LogP contribution is -2.43. The van der Waals surface area contributed by atoms with Crippen molar-refractivity contribution in [1.29, 1.82) is 0 Å². The van der Waals surface area contributed by atoms with Gasteiger partial charge in [0, 0.05) is 16.5 Å². The Bertz CT molecular complexity index is 821. The minimum atomic E-state index is -0.858. The zero-order valence-corrected chi connectivity index (χ0v) is 15.9. The van der Waals surface area contributed by atoms with Crippen molar-refractivity contribution in [2.45, 2.75) is 12.5 Å². The maximum atomic E-state index is 12.5. The van der Waals surface area contributed by atoms with Crippen LogP contribution in [0.4, 0.5) is 0 Å². The lowest BCUT2D eigenvalue weighted by atomic mass is 10.0. The molecule has 0 bridgehead atoms. The van der Waals surface area contributed by atoms with E-state index in [0.29, 0.717) is 0 Å². The molecule has 2 aromatic carbocycles. The number of halogens is 1. The van der Waals surface area contributed by atoms with Gasteiger partial charge in [0.15, 0.2) is 0 Å². The number of ether oxygens (including phenoxy) is 2. The first-order valence-corrected chi connectivity index (χ1v) is 8.55. The van der Waals surface area contributed by atoms with Gasteiger partial charge in [0.05, 0.1) is 19.8 Å². The molecule has 0 aromatic heterocycles. The molecule has 6 nitrogen and oxygen atoms in total. The van der Waals surface area contributed by atoms with Gasteiger partial charge in [-0.05, 0) is 35.9 Å². The van der Waals surface area contributed by atoms with E-state index in [9.17, 15) is 14.4 Å². The van der Waals surface area contributed by atoms with E-state index >= 15 is 0 Å². The maximum Gasteiger partial charge on any atom is 0.337 e. The van der Waals surface area contributed by atoms with Crippen molar-refractivity contribution in [2.24, 2.45) is 0 Å². The van der Waals surface area contributed by atoms with Gasteiger partial charge in [-0.3, -0.25) is 4.79 Å². The highest BCUT2D eigenvalue weighted by Gasteiger charge is 2.23. The zero-order chi connectivity index (χ0) is 19.1. The molecule has 26 heavy (non-hydrogen) atoms. The van der Waals surface area contributed by atoms with Crippen molar-refractivity contribution >= 4 is 33.8 Å². The molecular weight excluding hydrogens is 402 g/mol. The van der Waals surface area contributed by atoms with Crippen LogP contribution in [-0.2, 0) is 20.7 Å². The Labute approximate surface area is 159 Å². The van der Waals surface area contributed by atoms with Crippen molar-refractivity contribution in [3.63, 3.8) is 0 Å². The van der Waals surface area contributed by atoms with E-state index in [0.717, 1.165) is 10.0 Å². The molecule has 0 spiro atoms. The number of rotatable bonds is 6. The number of amides is 1. The number of hydrogen-bond acceptors (Lipinski definition) is 5. The van der Waals surface area contributed by atoms with Gasteiger partial charge >= 0.3 is 11.9 Å². The lowest BCUT2D eigenvalue weighted by Gasteiger charge is -2.17. The summed E-state index contributed by atoms with van der Waals surface area (Å²) in [6, 6.07) is 12.6. The first-order chi connectivity index (χ1) is 12.4. The predicted octanol–water partition coefficient (Wildman–Crippen LogP) is 2.75. The second-order valence-electron chi connectivity index (χ2n) is 5.46. The molecule has 0 saturated heterocycles. The number of esters is 2. The van der Waals surface area contributed by atoms with Gasteiger partial charge in [0.2, 0.25) is 0 Å². The first-order valence-electron chi connectivity index (χ1n) is 7.76. The monoisotopic (exact) mass is 419 g/mol. The fraction of sp³-hybridized carbons (Fsp3) is 0.211. The number of benzene rings is 2. The average Bonchev–Trinajstić information content (AvgIpc) is 2.66. The van der Waals surface area contributed by atoms with E-state index in [1.54, 1.807) is 18.2 Å². The van der Waals surface area contributed by atoms with Crippen LogP contribution >= 0.6 is 15.9 Å². The molecule has 0 unspecified atom stereocenters. The van der Waals surface area contributed by atoms with E-state index in [1.807, 2.05) is 24.3 Å². The molecule has 1 N–H and O–H groups in total. The third-order valence-electron chi connectivity index (χ3n) is 3.67. The molecule has 0 saturated carbocycles. The van der Waals surface area contributed by atoms with Gasteiger partial charge in [-0.1, -0.05) is 34.1 Å². The largest absolute Gasteiger partial charge is 0.467 e. The van der Waals surface area contributed by atoms with E-state index in [4.69, 9.17) is 4.74 Å². The van der Waals surface area contributed by atoms with Crippen LogP contribution in [0.15, 0.2) is 53.0 Å². The zero-order valence-electron chi connectivity index (χ0n) is 14.3. The van der Waals surface area contributed by atoms with Gasteiger partial charge in [0.25, 0.3) is 5.91 Å². The molecule has 2 aromatic rings. The van der Waals surface area contributed by atoms with Crippen LogP contribution < -0.4 is 5.32 Å². The third kappa shape index (κ3) is 5.16. The molecule has 0 radical (unpaired) electrons. The molecule has 2 rings (SSSR count). The van der Waals surface area contributed by atoms with E-state index in [1.165, 1.54) is 20.3 Å². The van der Waals surface area contributed by atoms with Crippen molar-refractivity contribution in [2.75, 3.05) is 14.2 Å². The Kier molecular flexibility index (Phi) is 6.91. The van der Waals surface area contributed by atoms with Crippen LogP contribution in [0.1, 0.15) is 26.3 Å². The van der Waals surface area contributed by atoms with Crippen molar-refractivity contribution in [3.8, 4) is 0 Å². The highest BCUT2D eigenvalue weighted by atomic mass is 79.9. The molecule has 1 amide bonds. The summed E-state index contributed by atoms with van der Waals surface area (Å²) in [7, 11) is 2.53. The van der Waals surface area contributed by atoms with Crippen LogP contribution in [0.5, 0.6) is 0 Å². The molecule has 0 aliphatic carbocycles. The third-order valence-corrected chi connectivity index (χ3v) is 4.16. The summed E-state index contributed by atoms with van der Waals surface area (Å²) in [5.74, 6) is -1.58. The average molecular weight is 420 g/mol. The Hall–Kier alpha value is -2.67. The molecule has 0 aliphatic rings. The Balaban J connectivity index is 2.18. The summed E-state index contributed by atoms with van der Waals surface area (Å²) in [5.41, 5.74) is 1.36. The summed E-state index contributed by atoms with van der Waals surface area (Å²) >= 11 is 3.37. The van der Waals surface area contributed by atoms with Crippen molar-refractivity contribution < 1.29 is 23.9 Å². The van der Waals surface area contributed by atoms with Crippen LogP contribution in [0, 0.1) is 0 Å². The van der Waals surface area contributed by atoms with Gasteiger partial charge < -0.3 is 14.8 Å². The Morgan fingerprint density at radius 2 is 1.69 bits per heavy atom. The minimum Gasteiger partial charge on any atom is -0.467 e. The number of methoxy groups -OCH3 is 2. The summed E-state index contributed by atoms with van der Waals surface area (Å²) in [6.07, 6.45) is 0.272. The fourth-order valence-electron chi connectivity index (χ4n) is 2.38. The molecule has 0 heterocycles. The number of nitrogens with one attached hydrogen (secondary N) is 1. The van der Waals surface area contributed by atoms with Crippen LogP contribution in [0.2, 0.25) is 0 Å². The molecule has 1 atom stereocenters. The quantitative estimate of drug-likeness (QED) is 0.727. The van der Waals surface area contributed by atoms with Gasteiger partial charge in [-0.2, -0.15) is 0 Å². The molecule has 0 fully saturated rings. The Morgan fingerprint density at radius 3 is 2.35 bits per heavy atom. The summed E-state index contributed by atoms with van der Waals surface area (Å²) in [6.45, 7) is 0. The summed E-state index contributed by atoms with van der Waals surface area (Å²) in [5, 5.41) is 2.66. The number of carbonyl (C=O) groups is 3. The van der Waals surface area contributed by atoms with Crippen molar-refractivity contribution in [1.82, 2.24) is 5.32 Å². The van der Waals surface area contributed by atoms with Crippen LogP contribution in [-0.4, -0.2) is 38.1 Å². The highest BCUT2D eigenvalue weighted by molar-refractivity contribution is 9.10. The normalized spacial score (nSPS) is 11.3. The van der Waals surface area contributed by atoms with Crippen LogP contribution in [0.25, 0.3) is 0 Å². The predicted molar refractivity (Wildman–Crippen MR) is 98.9 cm³/mol. The summed E-state index contributed by atoms with van der Waals surface area (Å²) in [4.78, 5) is 36.2. The van der Waals surface area contributed by atoms with Gasteiger partial charge in [-0.25, -0.2) is 9.59 Å². The van der Waals surface area contributed by atoms with Gasteiger partial charge in [-0.15, -0.1) is 0 Å². The second kappa shape index (κ2) is 9.15. The number of hydrogen-bond donors (Lipinski definition) is 1. The number of carbonyl (C=O) groups excluding carboxylic acids is 3. The SMILES string of the molecule is COC(=O)c1cccc(C(=O)N[C@H](Cc2cccc(Br)c2)C(=O)OC)c1. The Morgan fingerprint density at radius 1 is 1.00 bits per heavy atom. The second-order valence-corrected chi connectivity index (χ2v) is 6.37. The first kappa shape index (κ1) is 19.7. The smallest absolute Gasteiger partial charge is 0.337 e. The topological polar surface area (TPSA) is 81.7 Å². The minimum absolute atomic E-state index is 0.246. The fourth-order valence-corrected chi connectivity index (χ4v) is 2.83. The highest BCUT2D eigenvalue weighted by Crippen LogP contribution is 2.14. The standard InChI is InChI=1S/C19H18BrNO5/c1-25-18(23)14-7-4-6-13(11-14)17(22)21-16(19(24)26-2)10-12-5-3-8-15(20)9-12/h3-9,11,16H,10H2,1-2H3,(H,21,22)/t16-/m1/s1. The molecule has 0 aliphatic heterocycles. The van der Waals surface area contributed by atoms with Crippen molar-refractivity contribution in [3.05, 3.63) is 69.7 Å². The molecule has 136 valence electrons. The van der Waals surface area contributed by atoms with E-state index < -0.39 is 23.9 Å². The van der Waals surface area contributed by atoms with Crippen LogP contribution in [0.3, 0.4) is 0 Å². The molecule has 7 heteroatoms. The van der Waals surface area contributed by atoms with E-state index in [-0.39, 0.29) is 17.5 Å². The van der Waals surface area contributed by atoms with E-state index in [2.05, 4.69) is 26.0 Å². The van der Waals surface area contributed by atoms with Gasteiger partial charge in [0.1, 0.15) is 6.04 Å². The molecular formula is C19H18BrNO5. The lowest BCUT2D eigenvalue weighted by molar-refractivity contribution is -0.142. The maximum absolute atomic E-state index is 12.5.